The highest BCUT2D eigenvalue weighted by atomic mass is 32.1. The molecule has 4 aliphatic rings. The lowest BCUT2D eigenvalue weighted by atomic mass is 9.49. The summed E-state index contributed by atoms with van der Waals surface area (Å²) in [5.74, 6) is 2.81. The van der Waals surface area contributed by atoms with E-state index in [4.69, 9.17) is 4.74 Å². The Morgan fingerprint density at radius 3 is 2.40 bits per heavy atom. The molecule has 1 heterocycles. The molecule has 3 heteroatoms. The molecule has 4 bridgehead atoms. The molecule has 0 aliphatic heterocycles. The maximum absolute atomic E-state index is 11.9. The van der Waals surface area contributed by atoms with Crippen LogP contribution in [0.3, 0.4) is 0 Å². The summed E-state index contributed by atoms with van der Waals surface area (Å²) < 4.78 is 5.50. The number of rotatable bonds is 4. The van der Waals surface area contributed by atoms with Gasteiger partial charge in [0.15, 0.2) is 0 Å². The minimum Gasteiger partial charge on any atom is -0.461 e. The SMILES string of the molecule is O=C(OCCC12CC3CC(CC(C3)C1)C2)c1cccs1. The lowest BCUT2D eigenvalue weighted by Gasteiger charge is -2.57. The number of thiophene rings is 1. The molecule has 4 fully saturated rings. The number of hydrogen-bond donors (Lipinski definition) is 0. The van der Waals surface area contributed by atoms with Gasteiger partial charge < -0.3 is 4.74 Å². The van der Waals surface area contributed by atoms with Crippen molar-refractivity contribution < 1.29 is 9.53 Å². The van der Waals surface area contributed by atoms with Crippen LogP contribution in [0.2, 0.25) is 0 Å². The van der Waals surface area contributed by atoms with E-state index in [-0.39, 0.29) is 5.97 Å². The molecule has 0 unspecified atom stereocenters. The predicted molar refractivity (Wildman–Crippen MR) is 79.8 cm³/mol. The van der Waals surface area contributed by atoms with Crippen LogP contribution in [-0.4, -0.2) is 12.6 Å². The van der Waals surface area contributed by atoms with Crippen LogP contribution < -0.4 is 0 Å². The van der Waals surface area contributed by atoms with Crippen LogP contribution in [0.15, 0.2) is 17.5 Å². The van der Waals surface area contributed by atoms with Crippen LogP contribution >= 0.6 is 11.3 Å². The van der Waals surface area contributed by atoms with Gasteiger partial charge in [0.25, 0.3) is 0 Å². The summed E-state index contributed by atoms with van der Waals surface area (Å²) in [6, 6.07) is 3.75. The van der Waals surface area contributed by atoms with Gasteiger partial charge in [-0.15, -0.1) is 11.3 Å². The Morgan fingerprint density at radius 1 is 1.20 bits per heavy atom. The van der Waals surface area contributed by atoms with E-state index in [1.807, 2.05) is 17.5 Å². The third kappa shape index (κ3) is 2.30. The summed E-state index contributed by atoms with van der Waals surface area (Å²) in [6.45, 7) is 0.614. The highest BCUT2D eigenvalue weighted by Crippen LogP contribution is 2.61. The van der Waals surface area contributed by atoms with Crippen LogP contribution in [0.1, 0.15) is 54.6 Å². The fraction of sp³-hybridized carbons (Fsp3) is 0.706. The average molecular weight is 290 g/mol. The lowest BCUT2D eigenvalue weighted by molar-refractivity contribution is -0.0652. The summed E-state index contributed by atoms with van der Waals surface area (Å²) in [7, 11) is 0. The first-order valence-corrected chi connectivity index (χ1v) is 8.81. The maximum atomic E-state index is 11.9. The van der Waals surface area contributed by atoms with Gasteiger partial charge in [0, 0.05) is 0 Å². The standard InChI is InChI=1S/C17H22O2S/c18-16(15-2-1-5-20-15)19-4-3-17-9-12-6-13(10-17)8-14(7-12)11-17/h1-2,5,12-14H,3-4,6-11H2. The Kier molecular flexibility index (Phi) is 3.13. The Hall–Kier alpha value is -0.830. The molecule has 20 heavy (non-hydrogen) atoms. The minimum atomic E-state index is -0.135. The number of ether oxygens (including phenoxy) is 1. The Labute approximate surface area is 124 Å². The quantitative estimate of drug-likeness (QED) is 0.763. The summed E-state index contributed by atoms with van der Waals surface area (Å²) in [4.78, 5) is 12.6. The number of hydrogen-bond acceptors (Lipinski definition) is 3. The molecule has 0 aromatic carbocycles. The zero-order valence-corrected chi connectivity index (χ0v) is 12.7. The van der Waals surface area contributed by atoms with E-state index in [1.165, 1.54) is 49.9 Å². The lowest BCUT2D eigenvalue weighted by Crippen LogP contribution is -2.46. The molecule has 0 amide bonds. The second-order valence-electron chi connectivity index (χ2n) is 7.28. The van der Waals surface area contributed by atoms with Gasteiger partial charge in [-0.05, 0) is 79.6 Å². The summed E-state index contributed by atoms with van der Waals surface area (Å²) in [6.07, 6.45) is 9.73. The number of carbonyl (C=O) groups is 1. The maximum Gasteiger partial charge on any atom is 0.348 e. The third-order valence-electron chi connectivity index (χ3n) is 5.75. The average Bonchev–Trinajstić information content (AvgIpc) is 2.90. The fourth-order valence-corrected chi connectivity index (χ4v) is 6.04. The predicted octanol–water partition coefficient (Wildman–Crippen LogP) is 4.51. The van der Waals surface area contributed by atoms with Crippen molar-refractivity contribution >= 4 is 17.3 Å². The van der Waals surface area contributed by atoms with Crippen LogP contribution in [-0.2, 0) is 4.74 Å². The molecule has 4 aliphatic carbocycles. The van der Waals surface area contributed by atoms with Crippen molar-refractivity contribution in [3.63, 3.8) is 0 Å². The molecule has 0 saturated heterocycles. The summed E-state index contributed by atoms with van der Waals surface area (Å²) in [5, 5.41) is 1.93. The highest BCUT2D eigenvalue weighted by molar-refractivity contribution is 7.11. The molecule has 2 nitrogen and oxygen atoms in total. The van der Waals surface area contributed by atoms with Crippen molar-refractivity contribution in [2.45, 2.75) is 44.9 Å². The van der Waals surface area contributed by atoms with Crippen molar-refractivity contribution in [1.82, 2.24) is 0 Å². The third-order valence-corrected chi connectivity index (χ3v) is 6.60. The van der Waals surface area contributed by atoms with E-state index >= 15 is 0 Å². The van der Waals surface area contributed by atoms with Crippen molar-refractivity contribution in [3.05, 3.63) is 22.4 Å². The molecule has 1 aromatic heterocycles. The molecule has 0 N–H and O–H groups in total. The van der Waals surface area contributed by atoms with Gasteiger partial charge in [-0.1, -0.05) is 6.07 Å². The van der Waals surface area contributed by atoms with E-state index in [0.29, 0.717) is 12.0 Å². The molecule has 1 aromatic rings. The van der Waals surface area contributed by atoms with E-state index in [0.717, 1.165) is 29.1 Å². The largest absolute Gasteiger partial charge is 0.461 e. The van der Waals surface area contributed by atoms with Crippen LogP contribution in [0, 0.1) is 23.2 Å². The zero-order valence-electron chi connectivity index (χ0n) is 11.8. The van der Waals surface area contributed by atoms with E-state index < -0.39 is 0 Å². The van der Waals surface area contributed by atoms with E-state index in [9.17, 15) is 4.79 Å². The van der Waals surface area contributed by atoms with Crippen LogP contribution in [0.4, 0.5) is 0 Å². The Morgan fingerprint density at radius 2 is 1.85 bits per heavy atom. The van der Waals surface area contributed by atoms with Crippen LogP contribution in [0.5, 0.6) is 0 Å². The first-order chi connectivity index (χ1) is 9.72. The van der Waals surface area contributed by atoms with E-state index in [1.54, 1.807) is 0 Å². The molecule has 0 radical (unpaired) electrons. The smallest absolute Gasteiger partial charge is 0.348 e. The van der Waals surface area contributed by atoms with Gasteiger partial charge in [0.2, 0.25) is 0 Å². The zero-order chi connectivity index (χ0) is 13.6. The normalized spacial score (nSPS) is 38.1. The van der Waals surface area contributed by atoms with Crippen molar-refractivity contribution in [2.75, 3.05) is 6.61 Å². The molecule has 5 rings (SSSR count). The highest BCUT2D eigenvalue weighted by Gasteiger charge is 2.50. The first kappa shape index (κ1) is 12.9. The minimum absolute atomic E-state index is 0.135. The number of carbonyl (C=O) groups excluding carboxylic acids is 1. The van der Waals surface area contributed by atoms with Gasteiger partial charge in [-0.2, -0.15) is 0 Å². The van der Waals surface area contributed by atoms with Gasteiger partial charge in [0.1, 0.15) is 4.88 Å². The second-order valence-corrected chi connectivity index (χ2v) is 8.23. The number of esters is 1. The van der Waals surface area contributed by atoms with Crippen LogP contribution in [0.25, 0.3) is 0 Å². The van der Waals surface area contributed by atoms with Crippen molar-refractivity contribution in [1.29, 1.82) is 0 Å². The molecular formula is C17H22O2S. The molecule has 4 saturated carbocycles. The topological polar surface area (TPSA) is 26.3 Å². The van der Waals surface area contributed by atoms with Gasteiger partial charge in [-0.3, -0.25) is 0 Å². The molecule has 0 spiro atoms. The van der Waals surface area contributed by atoms with Crippen molar-refractivity contribution in [2.24, 2.45) is 23.2 Å². The summed E-state index contributed by atoms with van der Waals surface area (Å²) >= 11 is 1.47. The van der Waals surface area contributed by atoms with Crippen molar-refractivity contribution in [3.8, 4) is 0 Å². The summed E-state index contributed by atoms with van der Waals surface area (Å²) in [5.41, 5.74) is 0.518. The second kappa shape index (κ2) is 4.87. The Bertz CT molecular complexity index is 456. The fourth-order valence-electron chi connectivity index (χ4n) is 5.42. The first-order valence-electron chi connectivity index (χ1n) is 7.93. The van der Waals surface area contributed by atoms with Gasteiger partial charge in [0.05, 0.1) is 6.61 Å². The molecular weight excluding hydrogens is 268 g/mol. The van der Waals surface area contributed by atoms with Gasteiger partial charge >= 0.3 is 5.97 Å². The van der Waals surface area contributed by atoms with Gasteiger partial charge in [-0.25, -0.2) is 4.79 Å². The Balaban J connectivity index is 1.34. The monoisotopic (exact) mass is 290 g/mol. The molecule has 0 atom stereocenters. The van der Waals surface area contributed by atoms with E-state index in [2.05, 4.69) is 0 Å². The molecule has 108 valence electrons.